The molecule has 7 nitrogen and oxygen atoms in total. The number of H-pyrrole nitrogens is 2. The second-order valence-corrected chi connectivity index (χ2v) is 7.03. The summed E-state index contributed by atoms with van der Waals surface area (Å²) in [6, 6.07) is 12.3. The summed E-state index contributed by atoms with van der Waals surface area (Å²) in [6.07, 6.45) is 6.20. The first-order valence-electron chi connectivity index (χ1n) is 9.24. The average molecular weight is 359 g/mol. The summed E-state index contributed by atoms with van der Waals surface area (Å²) in [5.74, 6) is 2.73. The van der Waals surface area contributed by atoms with Crippen LogP contribution in [0.5, 0.6) is 0 Å². The lowest BCUT2D eigenvalue weighted by molar-refractivity contribution is 0.869. The molecule has 136 valence electrons. The molecule has 4 N–H and O–H groups in total. The number of anilines is 3. The van der Waals surface area contributed by atoms with E-state index >= 15 is 0 Å². The third-order valence-electron chi connectivity index (χ3n) is 4.97. The lowest BCUT2D eigenvalue weighted by Crippen LogP contribution is -2.10. The van der Waals surface area contributed by atoms with E-state index in [9.17, 15) is 0 Å². The van der Waals surface area contributed by atoms with Crippen LogP contribution in [-0.2, 0) is 0 Å². The van der Waals surface area contributed by atoms with Gasteiger partial charge < -0.3 is 15.6 Å². The van der Waals surface area contributed by atoms with Crippen molar-refractivity contribution in [2.75, 3.05) is 10.6 Å². The monoisotopic (exact) mass is 359 g/mol. The molecule has 7 heteroatoms. The molecule has 27 heavy (non-hydrogen) atoms. The van der Waals surface area contributed by atoms with Gasteiger partial charge in [-0.15, -0.1) is 0 Å². The van der Waals surface area contributed by atoms with Gasteiger partial charge in [-0.3, -0.25) is 5.10 Å². The van der Waals surface area contributed by atoms with Crippen molar-refractivity contribution in [2.24, 2.45) is 0 Å². The van der Waals surface area contributed by atoms with Crippen molar-refractivity contribution in [3.05, 3.63) is 60.0 Å². The van der Waals surface area contributed by atoms with Crippen molar-refractivity contribution < 1.29 is 0 Å². The molecule has 0 saturated heterocycles. The molecular weight excluding hydrogens is 338 g/mol. The Hall–Kier alpha value is -3.35. The van der Waals surface area contributed by atoms with Gasteiger partial charge in [-0.1, -0.05) is 12.1 Å². The molecule has 4 aromatic rings. The Kier molecular flexibility index (Phi) is 3.78. The molecule has 3 aromatic heterocycles. The molecule has 1 fully saturated rings. The van der Waals surface area contributed by atoms with Crippen molar-refractivity contribution >= 4 is 28.5 Å². The van der Waals surface area contributed by atoms with Gasteiger partial charge in [0.15, 0.2) is 5.82 Å². The third kappa shape index (κ3) is 3.23. The molecule has 1 atom stereocenters. The average Bonchev–Trinajstić information content (AvgIpc) is 3.22. The molecule has 0 spiro atoms. The Bertz CT molecular complexity index is 1080. The largest absolute Gasteiger partial charge is 0.361 e. The molecule has 0 bridgehead atoms. The van der Waals surface area contributed by atoms with Crippen LogP contribution in [0.25, 0.3) is 10.9 Å². The van der Waals surface area contributed by atoms with E-state index in [1.54, 1.807) is 6.20 Å². The number of benzene rings is 1. The van der Waals surface area contributed by atoms with Gasteiger partial charge in [-0.2, -0.15) is 10.1 Å². The fourth-order valence-corrected chi connectivity index (χ4v) is 3.39. The summed E-state index contributed by atoms with van der Waals surface area (Å²) in [5.41, 5.74) is 3.53. The first kappa shape index (κ1) is 15.9. The second-order valence-electron chi connectivity index (χ2n) is 7.03. The van der Waals surface area contributed by atoms with E-state index in [-0.39, 0.29) is 6.04 Å². The summed E-state index contributed by atoms with van der Waals surface area (Å²) in [6.45, 7) is 2.11. The van der Waals surface area contributed by atoms with Crippen LogP contribution in [0.4, 0.5) is 17.6 Å². The number of hydrogen-bond donors (Lipinski definition) is 4. The van der Waals surface area contributed by atoms with Crippen molar-refractivity contribution in [3.8, 4) is 0 Å². The van der Waals surface area contributed by atoms with E-state index in [1.807, 2.05) is 12.3 Å². The highest BCUT2D eigenvalue weighted by Gasteiger charge is 2.25. The third-order valence-corrected chi connectivity index (χ3v) is 4.97. The quantitative estimate of drug-likeness (QED) is 0.407. The molecule has 1 saturated carbocycles. The Morgan fingerprint density at radius 3 is 2.96 bits per heavy atom. The summed E-state index contributed by atoms with van der Waals surface area (Å²) in [4.78, 5) is 12.2. The molecule has 0 unspecified atom stereocenters. The predicted molar refractivity (Wildman–Crippen MR) is 106 cm³/mol. The van der Waals surface area contributed by atoms with Crippen LogP contribution in [0.1, 0.15) is 43.0 Å². The Morgan fingerprint density at radius 2 is 2.07 bits per heavy atom. The summed E-state index contributed by atoms with van der Waals surface area (Å²) < 4.78 is 0. The Balaban J connectivity index is 1.33. The number of nitrogens with one attached hydrogen (secondary N) is 4. The van der Waals surface area contributed by atoms with Crippen LogP contribution in [-0.4, -0.2) is 25.1 Å². The molecule has 0 radical (unpaired) electrons. The SMILES string of the molecule is C[C@H](Nc1nccc(Nc2cc(C3CC3)[nH]n2)n1)c1cccc2[nH]ccc12. The van der Waals surface area contributed by atoms with E-state index in [4.69, 9.17) is 0 Å². The molecule has 0 amide bonds. The van der Waals surface area contributed by atoms with E-state index < -0.39 is 0 Å². The molecule has 1 aliphatic rings. The first-order chi connectivity index (χ1) is 13.3. The van der Waals surface area contributed by atoms with E-state index in [2.05, 4.69) is 73.0 Å². The highest BCUT2D eigenvalue weighted by molar-refractivity contribution is 5.83. The van der Waals surface area contributed by atoms with Crippen molar-refractivity contribution in [1.29, 1.82) is 0 Å². The fraction of sp³-hybridized carbons (Fsp3) is 0.250. The standard InChI is InChI=1S/C20H21N7/c1-12(14-3-2-4-16-15(14)7-9-21-16)23-20-22-10-8-18(25-20)24-19-11-17(26-27-19)13-5-6-13/h2-4,7-13,21H,5-6H2,1H3,(H3,22,23,24,25,26,27)/t12-/m0/s1. The van der Waals surface area contributed by atoms with Crippen molar-refractivity contribution in [2.45, 2.75) is 31.7 Å². The van der Waals surface area contributed by atoms with Gasteiger partial charge in [0.2, 0.25) is 5.95 Å². The topological polar surface area (TPSA) is 94.3 Å². The lowest BCUT2D eigenvalue weighted by atomic mass is 10.0. The van der Waals surface area contributed by atoms with Gasteiger partial charge in [0.05, 0.1) is 6.04 Å². The van der Waals surface area contributed by atoms with Gasteiger partial charge in [0, 0.05) is 41.0 Å². The van der Waals surface area contributed by atoms with Crippen LogP contribution in [0.15, 0.2) is 48.8 Å². The minimum absolute atomic E-state index is 0.0756. The number of aromatic nitrogens is 5. The molecular formula is C20H21N7. The maximum atomic E-state index is 4.58. The van der Waals surface area contributed by atoms with Crippen LogP contribution in [0, 0.1) is 0 Å². The second kappa shape index (κ2) is 6.42. The van der Waals surface area contributed by atoms with Crippen LogP contribution < -0.4 is 10.6 Å². The van der Waals surface area contributed by atoms with E-state index in [1.165, 1.54) is 29.5 Å². The lowest BCUT2D eigenvalue weighted by Gasteiger charge is -2.15. The number of aromatic amines is 2. The molecule has 1 aliphatic carbocycles. The zero-order chi connectivity index (χ0) is 18.2. The fourth-order valence-electron chi connectivity index (χ4n) is 3.39. The maximum absolute atomic E-state index is 4.58. The molecule has 1 aromatic carbocycles. The first-order valence-corrected chi connectivity index (χ1v) is 9.24. The van der Waals surface area contributed by atoms with Crippen molar-refractivity contribution in [3.63, 3.8) is 0 Å². The predicted octanol–water partition coefficient (Wildman–Crippen LogP) is 4.48. The number of hydrogen-bond acceptors (Lipinski definition) is 5. The van der Waals surface area contributed by atoms with Gasteiger partial charge in [-0.05, 0) is 43.5 Å². The maximum Gasteiger partial charge on any atom is 0.225 e. The van der Waals surface area contributed by atoms with Crippen LogP contribution in [0.2, 0.25) is 0 Å². The Labute approximate surface area is 156 Å². The summed E-state index contributed by atoms with van der Waals surface area (Å²) in [5, 5.41) is 15.3. The normalized spacial score (nSPS) is 15.0. The number of rotatable bonds is 6. The highest BCUT2D eigenvalue weighted by atomic mass is 15.2. The van der Waals surface area contributed by atoms with Crippen LogP contribution >= 0.6 is 0 Å². The smallest absolute Gasteiger partial charge is 0.225 e. The van der Waals surface area contributed by atoms with Gasteiger partial charge in [0.1, 0.15) is 5.82 Å². The van der Waals surface area contributed by atoms with E-state index in [0.29, 0.717) is 17.7 Å². The minimum atomic E-state index is 0.0756. The molecule has 3 heterocycles. The number of nitrogens with zero attached hydrogens (tertiary/aromatic N) is 3. The summed E-state index contributed by atoms with van der Waals surface area (Å²) >= 11 is 0. The molecule has 5 rings (SSSR count). The molecule has 0 aliphatic heterocycles. The van der Waals surface area contributed by atoms with Gasteiger partial charge in [-0.25, -0.2) is 4.98 Å². The zero-order valence-electron chi connectivity index (χ0n) is 15.0. The van der Waals surface area contributed by atoms with Gasteiger partial charge >= 0.3 is 0 Å². The van der Waals surface area contributed by atoms with E-state index in [0.717, 1.165) is 11.3 Å². The minimum Gasteiger partial charge on any atom is -0.361 e. The number of fused-ring (bicyclic) bond motifs is 1. The summed E-state index contributed by atoms with van der Waals surface area (Å²) in [7, 11) is 0. The van der Waals surface area contributed by atoms with Crippen LogP contribution in [0.3, 0.4) is 0 Å². The zero-order valence-corrected chi connectivity index (χ0v) is 15.0. The van der Waals surface area contributed by atoms with Gasteiger partial charge in [0.25, 0.3) is 0 Å². The Morgan fingerprint density at radius 1 is 1.15 bits per heavy atom. The highest BCUT2D eigenvalue weighted by Crippen LogP contribution is 2.39. The van der Waals surface area contributed by atoms with Crippen molar-refractivity contribution in [1.82, 2.24) is 25.1 Å².